The van der Waals surface area contributed by atoms with Gasteiger partial charge in [-0.2, -0.15) is 0 Å². The molecular weight excluding hydrogens is 306 g/mol. The van der Waals surface area contributed by atoms with E-state index < -0.39 is 11.4 Å². The molecule has 1 unspecified atom stereocenters. The summed E-state index contributed by atoms with van der Waals surface area (Å²) in [6, 6.07) is 1.63. The van der Waals surface area contributed by atoms with E-state index in [-0.39, 0.29) is 18.0 Å². The third-order valence-electron chi connectivity index (χ3n) is 5.71. The highest BCUT2D eigenvalue weighted by Gasteiger charge is 2.55. The van der Waals surface area contributed by atoms with Crippen molar-refractivity contribution in [2.24, 2.45) is 11.3 Å². The molecule has 1 aromatic heterocycles. The van der Waals surface area contributed by atoms with E-state index in [9.17, 15) is 14.7 Å². The van der Waals surface area contributed by atoms with Crippen LogP contribution in [-0.4, -0.2) is 40.1 Å². The number of nitrogens with zero attached hydrogens (tertiary/aromatic N) is 2. The van der Waals surface area contributed by atoms with Gasteiger partial charge < -0.3 is 15.3 Å². The summed E-state index contributed by atoms with van der Waals surface area (Å²) in [6.07, 6.45) is 6.94. The number of carbonyl (C=O) groups excluding carboxylic acids is 1. The molecule has 2 fully saturated rings. The van der Waals surface area contributed by atoms with Gasteiger partial charge in [-0.15, -0.1) is 0 Å². The number of likely N-dealkylation sites (tertiary alicyclic amines) is 1. The Balaban J connectivity index is 1.69. The molecule has 3 atom stereocenters. The number of pyridine rings is 1. The molecule has 1 saturated heterocycles. The number of nitrogens with one attached hydrogen (secondary N) is 1. The van der Waals surface area contributed by atoms with Gasteiger partial charge in [0.25, 0.3) is 0 Å². The molecule has 1 aliphatic carbocycles. The first-order chi connectivity index (χ1) is 11.5. The fraction of sp³-hybridized carbons (Fsp3) is 0.611. The van der Waals surface area contributed by atoms with Gasteiger partial charge >= 0.3 is 12.0 Å². The minimum Gasteiger partial charge on any atom is -0.481 e. The van der Waals surface area contributed by atoms with Crippen LogP contribution < -0.4 is 5.32 Å². The highest BCUT2D eigenvalue weighted by Crippen LogP contribution is 2.48. The predicted molar refractivity (Wildman–Crippen MR) is 89.5 cm³/mol. The number of hydrogen-bond acceptors (Lipinski definition) is 3. The molecular formula is C18H25N3O3. The first-order valence-corrected chi connectivity index (χ1v) is 8.69. The number of aryl methyl sites for hydroxylation is 1. The van der Waals surface area contributed by atoms with Crippen LogP contribution in [0.25, 0.3) is 0 Å². The van der Waals surface area contributed by atoms with Gasteiger partial charge in [0.15, 0.2) is 0 Å². The van der Waals surface area contributed by atoms with E-state index in [1.807, 2.05) is 19.2 Å². The smallest absolute Gasteiger partial charge is 0.317 e. The van der Waals surface area contributed by atoms with Gasteiger partial charge in [-0.05, 0) is 49.3 Å². The van der Waals surface area contributed by atoms with E-state index >= 15 is 0 Å². The summed E-state index contributed by atoms with van der Waals surface area (Å²) in [5.41, 5.74) is 1.45. The Labute approximate surface area is 142 Å². The van der Waals surface area contributed by atoms with Gasteiger partial charge in [-0.1, -0.05) is 13.3 Å². The highest BCUT2D eigenvalue weighted by atomic mass is 16.4. The zero-order valence-corrected chi connectivity index (χ0v) is 14.3. The summed E-state index contributed by atoms with van der Waals surface area (Å²) in [5.74, 6) is -0.668. The minimum absolute atomic E-state index is 0.0863. The summed E-state index contributed by atoms with van der Waals surface area (Å²) < 4.78 is 0. The van der Waals surface area contributed by atoms with Crippen molar-refractivity contribution in [1.29, 1.82) is 0 Å². The molecule has 2 heterocycles. The molecule has 6 heteroatoms. The van der Waals surface area contributed by atoms with E-state index in [1.165, 1.54) is 0 Å². The largest absolute Gasteiger partial charge is 0.481 e. The van der Waals surface area contributed by atoms with Crippen molar-refractivity contribution in [3.05, 3.63) is 29.6 Å². The monoisotopic (exact) mass is 331 g/mol. The van der Waals surface area contributed by atoms with E-state index in [4.69, 9.17) is 0 Å². The third kappa shape index (κ3) is 2.74. The van der Waals surface area contributed by atoms with Gasteiger partial charge in [-0.3, -0.25) is 9.78 Å². The quantitative estimate of drug-likeness (QED) is 0.888. The van der Waals surface area contributed by atoms with Crippen molar-refractivity contribution in [3.8, 4) is 0 Å². The van der Waals surface area contributed by atoms with Gasteiger partial charge in [0.05, 0.1) is 11.5 Å². The lowest BCUT2D eigenvalue weighted by Crippen LogP contribution is -2.42. The third-order valence-corrected chi connectivity index (χ3v) is 5.71. The van der Waals surface area contributed by atoms with Crippen LogP contribution in [0, 0.1) is 11.3 Å². The van der Waals surface area contributed by atoms with Crippen molar-refractivity contribution >= 4 is 12.0 Å². The molecule has 130 valence electrons. The van der Waals surface area contributed by atoms with Crippen LogP contribution in [0.2, 0.25) is 0 Å². The first-order valence-electron chi connectivity index (χ1n) is 8.69. The topological polar surface area (TPSA) is 82.5 Å². The molecule has 1 aromatic rings. The Morgan fingerprint density at radius 1 is 1.54 bits per heavy atom. The van der Waals surface area contributed by atoms with Crippen LogP contribution in [-0.2, 0) is 11.2 Å². The number of hydrogen-bond donors (Lipinski definition) is 2. The van der Waals surface area contributed by atoms with E-state index in [0.29, 0.717) is 19.5 Å². The van der Waals surface area contributed by atoms with E-state index in [0.717, 1.165) is 30.4 Å². The Morgan fingerprint density at radius 3 is 3.00 bits per heavy atom. The Kier molecular flexibility index (Phi) is 4.47. The van der Waals surface area contributed by atoms with Crippen molar-refractivity contribution < 1.29 is 14.7 Å². The number of aliphatic carboxylic acids is 1. The van der Waals surface area contributed by atoms with Crippen molar-refractivity contribution in [3.63, 3.8) is 0 Å². The zero-order valence-electron chi connectivity index (χ0n) is 14.3. The molecule has 0 radical (unpaired) electrons. The lowest BCUT2D eigenvalue weighted by Gasteiger charge is -2.25. The molecule has 2 aliphatic rings. The summed E-state index contributed by atoms with van der Waals surface area (Å²) >= 11 is 0. The minimum atomic E-state index is -0.754. The van der Waals surface area contributed by atoms with Crippen molar-refractivity contribution in [1.82, 2.24) is 15.2 Å². The van der Waals surface area contributed by atoms with Gasteiger partial charge in [-0.25, -0.2) is 4.79 Å². The molecule has 2 N–H and O–H groups in total. The van der Waals surface area contributed by atoms with E-state index in [1.54, 1.807) is 11.1 Å². The van der Waals surface area contributed by atoms with Gasteiger partial charge in [0.1, 0.15) is 0 Å². The fourth-order valence-electron chi connectivity index (χ4n) is 4.30. The lowest BCUT2D eigenvalue weighted by atomic mass is 9.81. The van der Waals surface area contributed by atoms with Crippen LogP contribution >= 0.6 is 0 Å². The van der Waals surface area contributed by atoms with E-state index in [2.05, 4.69) is 17.2 Å². The molecule has 6 nitrogen and oxygen atoms in total. The maximum Gasteiger partial charge on any atom is 0.317 e. The summed E-state index contributed by atoms with van der Waals surface area (Å²) in [5, 5.41) is 12.7. The van der Waals surface area contributed by atoms with Crippen LogP contribution in [0.15, 0.2) is 18.5 Å². The molecule has 2 amide bonds. The van der Waals surface area contributed by atoms with Gasteiger partial charge in [0.2, 0.25) is 0 Å². The normalized spacial score (nSPS) is 26.9. The lowest BCUT2D eigenvalue weighted by molar-refractivity contribution is -0.149. The number of carbonyl (C=O) groups is 2. The number of aromatic nitrogens is 1. The molecule has 1 aliphatic heterocycles. The van der Waals surface area contributed by atoms with Crippen LogP contribution in [0.4, 0.5) is 4.79 Å². The maximum atomic E-state index is 12.6. The summed E-state index contributed by atoms with van der Waals surface area (Å²) in [6.45, 7) is 4.88. The number of urea groups is 1. The molecule has 24 heavy (non-hydrogen) atoms. The first kappa shape index (κ1) is 16.7. The average Bonchev–Trinajstić information content (AvgIpc) is 3.13. The SMILES string of the molecule is CCc1cnccc1C(C)NC(=O)N1C[C@@H]2CCC[C@@]2(C(=O)O)C1. The second-order valence-electron chi connectivity index (χ2n) is 7.03. The van der Waals surface area contributed by atoms with Crippen LogP contribution in [0.5, 0.6) is 0 Å². The molecule has 3 rings (SSSR count). The zero-order chi connectivity index (χ0) is 17.3. The standard InChI is InChI=1S/C18H25N3O3/c1-3-13-9-19-8-6-15(13)12(2)20-17(24)21-10-14-5-4-7-18(14,11-21)16(22)23/h6,8-9,12,14H,3-5,7,10-11H2,1-2H3,(H,20,24)(H,22,23)/t12?,14-,18+/m0/s1. The van der Waals surface area contributed by atoms with Crippen molar-refractivity contribution in [2.45, 2.75) is 45.6 Å². The number of rotatable bonds is 4. The van der Waals surface area contributed by atoms with Crippen LogP contribution in [0.1, 0.15) is 50.3 Å². The number of carboxylic acid groups (broad SMARTS) is 1. The second kappa shape index (κ2) is 6.42. The molecule has 0 bridgehead atoms. The van der Waals surface area contributed by atoms with Crippen molar-refractivity contribution in [2.75, 3.05) is 13.1 Å². The second-order valence-corrected chi connectivity index (χ2v) is 7.03. The van der Waals surface area contributed by atoms with Gasteiger partial charge in [0, 0.05) is 25.5 Å². The predicted octanol–water partition coefficient (Wildman–Crippen LogP) is 2.60. The summed E-state index contributed by atoms with van der Waals surface area (Å²) in [7, 11) is 0. The number of amides is 2. The Morgan fingerprint density at radius 2 is 2.33 bits per heavy atom. The molecule has 0 aromatic carbocycles. The number of carboxylic acids is 1. The molecule has 0 spiro atoms. The fourth-order valence-corrected chi connectivity index (χ4v) is 4.30. The Bertz CT molecular complexity index is 648. The average molecular weight is 331 g/mol. The maximum absolute atomic E-state index is 12.6. The van der Waals surface area contributed by atoms with Crippen LogP contribution in [0.3, 0.4) is 0 Å². The highest BCUT2D eigenvalue weighted by molar-refractivity contribution is 5.80. The number of fused-ring (bicyclic) bond motifs is 1. The Hall–Kier alpha value is -2.11. The molecule has 1 saturated carbocycles. The summed E-state index contributed by atoms with van der Waals surface area (Å²) in [4.78, 5) is 30.2.